The molecule has 0 aliphatic heterocycles. The fourth-order valence-electron chi connectivity index (χ4n) is 2.37. The number of hydrogen-bond donors (Lipinski definition) is 1. The van der Waals surface area contributed by atoms with Gasteiger partial charge in [0.2, 0.25) is 0 Å². The number of nitrogens with one attached hydrogen (secondary N) is 1. The number of benzene rings is 2. The Balaban J connectivity index is 2.56. The molecule has 21 heavy (non-hydrogen) atoms. The first-order chi connectivity index (χ1) is 9.97. The summed E-state index contributed by atoms with van der Waals surface area (Å²) in [5.74, 6) is -1.16. The highest BCUT2D eigenvalue weighted by molar-refractivity contribution is 6.30. The summed E-state index contributed by atoms with van der Waals surface area (Å²) >= 11 is 5.93. The van der Waals surface area contributed by atoms with Crippen molar-refractivity contribution in [1.82, 2.24) is 5.32 Å². The van der Waals surface area contributed by atoms with E-state index < -0.39 is 17.7 Å². The lowest BCUT2D eigenvalue weighted by molar-refractivity contribution is 0.403. The number of ether oxygens (including phenoxy) is 1. The minimum Gasteiger partial charge on any atom is -0.497 e. The van der Waals surface area contributed by atoms with Crippen LogP contribution in [0.2, 0.25) is 5.02 Å². The largest absolute Gasteiger partial charge is 0.497 e. The molecule has 1 unspecified atom stereocenters. The summed E-state index contributed by atoms with van der Waals surface area (Å²) in [4.78, 5) is 0. The van der Waals surface area contributed by atoms with Crippen LogP contribution in [0.4, 0.5) is 8.78 Å². The minimum atomic E-state index is -0.652. The summed E-state index contributed by atoms with van der Waals surface area (Å²) in [7, 11) is 3.02. The van der Waals surface area contributed by atoms with Crippen molar-refractivity contribution in [3.05, 3.63) is 63.7 Å². The Bertz CT molecular complexity index is 638. The number of halogens is 3. The maximum atomic E-state index is 14.2. The predicted octanol–water partition coefficient (Wildman–Crippen LogP) is 4.24. The quantitative estimate of drug-likeness (QED) is 0.911. The van der Waals surface area contributed by atoms with Gasteiger partial charge in [-0.1, -0.05) is 17.7 Å². The van der Waals surface area contributed by atoms with E-state index in [1.807, 2.05) is 6.92 Å². The fraction of sp³-hybridized carbons (Fsp3) is 0.250. The molecule has 0 spiro atoms. The molecule has 0 aromatic heterocycles. The van der Waals surface area contributed by atoms with E-state index in [1.165, 1.54) is 19.2 Å². The van der Waals surface area contributed by atoms with Crippen molar-refractivity contribution in [3.63, 3.8) is 0 Å². The van der Waals surface area contributed by atoms with E-state index in [2.05, 4.69) is 5.32 Å². The average molecular weight is 312 g/mol. The van der Waals surface area contributed by atoms with Gasteiger partial charge in [-0.05, 0) is 37.2 Å². The molecule has 5 heteroatoms. The highest BCUT2D eigenvalue weighted by atomic mass is 35.5. The highest BCUT2D eigenvalue weighted by Gasteiger charge is 2.23. The number of rotatable bonds is 4. The maximum Gasteiger partial charge on any atom is 0.134 e. The second-order valence-electron chi connectivity index (χ2n) is 4.73. The first kappa shape index (κ1) is 15.7. The number of aryl methyl sites for hydroxylation is 1. The Morgan fingerprint density at radius 1 is 1.14 bits per heavy atom. The maximum absolute atomic E-state index is 14.2. The molecule has 0 bridgehead atoms. The molecule has 0 amide bonds. The predicted molar refractivity (Wildman–Crippen MR) is 80.0 cm³/mol. The van der Waals surface area contributed by atoms with Crippen molar-refractivity contribution in [1.29, 1.82) is 0 Å². The Kier molecular flexibility index (Phi) is 4.80. The number of hydrogen-bond acceptors (Lipinski definition) is 2. The molecule has 2 aromatic rings. The van der Waals surface area contributed by atoms with Crippen molar-refractivity contribution < 1.29 is 13.5 Å². The summed E-state index contributed by atoms with van der Waals surface area (Å²) in [5.41, 5.74) is 1.59. The molecule has 0 saturated heterocycles. The Morgan fingerprint density at radius 3 is 2.24 bits per heavy atom. The molecule has 0 aliphatic carbocycles. The Hall–Kier alpha value is -1.65. The second kappa shape index (κ2) is 6.41. The molecule has 1 atom stereocenters. The van der Waals surface area contributed by atoms with Crippen molar-refractivity contribution >= 4 is 11.6 Å². The third-order valence-electron chi connectivity index (χ3n) is 3.41. The zero-order valence-electron chi connectivity index (χ0n) is 12.0. The van der Waals surface area contributed by atoms with E-state index in [9.17, 15) is 8.78 Å². The molecule has 0 fully saturated rings. The van der Waals surface area contributed by atoms with Crippen molar-refractivity contribution in [2.75, 3.05) is 14.2 Å². The summed E-state index contributed by atoms with van der Waals surface area (Å²) < 4.78 is 33.4. The summed E-state index contributed by atoms with van der Waals surface area (Å²) in [6.07, 6.45) is 0. The van der Waals surface area contributed by atoms with E-state index in [-0.39, 0.29) is 11.3 Å². The molecule has 0 aliphatic rings. The normalized spacial score (nSPS) is 12.3. The summed E-state index contributed by atoms with van der Waals surface area (Å²) in [6, 6.07) is 6.98. The van der Waals surface area contributed by atoms with Crippen molar-refractivity contribution in [3.8, 4) is 5.75 Å². The van der Waals surface area contributed by atoms with Crippen LogP contribution in [0.5, 0.6) is 5.75 Å². The lowest BCUT2D eigenvalue weighted by Crippen LogP contribution is -2.21. The fourth-order valence-corrected chi connectivity index (χ4v) is 2.60. The first-order valence-electron chi connectivity index (χ1n) is 6.44. The molecule has 2 rings (SSSR count). The van der Waals surface area contributed by atoms with Gasteiger partial charge in [0, 0.05) is 22.7 Å². The third-order valence-corrected chi connectivity index (χ3v) is 3.64. The molecule has 0 heterocycles. The van der Waals surface area contributed by atoms with Crippen LogP contribution in [0.1, 0.15) is 22.7 Å². The van der Waals surface area contributed by atoms with Gasteiger partial charge in [-0.3, -0.25) is 0 Å². The highest BCUT2D eigenvalue weighted by Crippen LogP contribution is 2.32. The third kappa shape index (κ3) is 3.17. The molecule has 112 valence electrons. The summed E-state index contributed by atoms with van der Waals surface area (Å²) in [5, 5.41) is 3.54. The topological polar surface area (TPSA) is 21.3 Å². The van der Waals surface area contributed by atoms with Gasteiger partial charge in [0.25, 0.3) is 0 Å². The molecule has 2 aromatic carbocycles. The zero-order valence-corrected chi connectivity index (χ0v) is 12.8. The van der Waals surface area contributed by atoms with E-state index >= 15 is 0 Å². The van der Waals surface area contributed by atoms with Gasteiger partial charge >= 0.3 is 0 Å². The van der Waals surface area contributed by atoms with Gasteiger partial charge < -0.3 is 10.1 Å². The van der Waals surface area contributed by atoms with Crippen LogP contribution in [0, 0.1) is 18.6 Å². The molecule has 1 N–H and O–H groups in total. The molecular formula is C16H16ClF2NO. The Morgan fingerprint density at radius 2 is 1.76 bits per heavy atom. The van der Waals surface area contributed by atoms with Crippen molar-refractivity contribution in [2.45, 2.75) is 13.0 Å². The van der Waals surface area contributed by atoms with Crippen LogP contribution in [0.15, 0.2) is 30.3 Å². The minimum absolute atomic E-state index is 0.0382. The van der Waals surface area contributed by atoms with Gasteiger partial charge in [0.05, 0.1) is 13.2 Å². The van der Waals surface area contributed by atoms with Crippen LogP contribution in [0.25, 0.3) is 0 Å². The van der Waals surface area contributed by atoms with E-state index in [1.54, 1.807) is 25.2 Å². The zero-order chi connectivity index (χ0) is 15.6. The van der Waals surface area contributed by atoms with Crippen LogP contribution < -0.4 is 10.1 Å². The van der Waals surface area contributed by atoms with E-state index in [0.717, 1.165) is 11.1 Å². The monoisotopic (exact) mass is 311 g/mol. The number of methoxy groups -OCH3 is 1. The Labute approximate surface area is 127 Å². The average Bonchev–Trinajstić information content (AvgIpc) is 2.43. The molecule has 0 radical (unpaired) electrons. The standard InChI is InChI=1S/C16H16ClF2NO/c1-9-6-10(17)4-5-12(9)16(20-2)15-13(18)7-11(21-3)8-14(15)19/h4-8,16,20H,1-3H3. The molecular weight excluding hydrogens is 296 g/mol. The van der Waals surface area contributed by atoms with Crippen LogP contribution >= 0.6 is 11.6 Å². The molecule has 2 nitrogen and oxygen atoms in total. The molecule has 0 saturated carbocycles. The van der Waals surface area contributed by atoms with Crippen LogP contribution in [0.3, 0.4) is 0 Å². The van der Waals surface area contributed by atoms with Gasteiger partial charge in [0.1, 0.15) is 17.4 Å². The second-order valence-corrected chi connectivity index (χ2v) is 5.16. The smallest absolute Gasteiger partial charge is 0.134 e. The lowest BCUT2D eigenvalue weighted by Gasteiger charge is -2.21. The van der Waals surface area contributed by atoms with Gasteiger partial charge in [-0.15, -0.1) is 0 Å². The summed E-state index contributed by atoms with van der Waals surface area (Å²) in [6.45, 7) is 1.85. The van der Waals surface area contributed by atoms with Gasteiger partial charge in [-0.2, -0.15) is 0 Å². The van der Waals surface area contributed by atoms with Gasteiger partial charge in [-0.25, -0.2) is 8.78 Å². The lowest BCUT2D eigenvalue weighted by atomic mass is 9.94. The SMILES string of the molecule is CNC(c1ccc(Cl)cc1C)c1c(F)cc(OC)cc1F. The van der Waals surface area contributed by atoms with Crippen LogP contribution in [-0.2, 0) is 0 Å². The first-order valence-corrected chi connectivity index (χ1v) is 6.82. The van der Waals surface area contributed by atoms with Crippen LogP contribution in [-0.4, -0.2) is 14.2 Å². The van der Waals surface area contributed by atoms with Gasteiger partial charge in [0.15, 0.2) is 0 Å². The van der Waals surface area contributed by atoms with E-state index in [4.69, 9.17) is 16.3 Å². The van der Waals surface area contributed by atoms with E-state index in [0.29, 0.717) is 5.02 Å². The van der Waals surface area contributed by atoms with Crippen molar-refractivity contribution in [2.24, 2.45) is 0 Å².